The molecule has 0 unspecified atom stereocenters. The maximum Gasteiger partial charge on any atom is 0.338 e. The first-order chi connectivity index (χ1) is 12.0. The summed E-state index contributed by atoms with van der Waals surface area (Å²) in [6, 6.07) is 3.44. The van der Waals surface area contributed by atoms with E-state index >= 15 is 0 Å². The Morgan fingerprint density at radius 3 is 2.48 bits per heavy atom. The number of unbranched alkanes of at least 4 members (excludes halogenated alkanes) is 1. The number of carbonyl (C=O) groups excluding carboxylic acids is 2. The molecule has 1 heterocycles. The Morgan fingerprint density at radius 1 is 1.20 bits per heavy atom. The van der Waals surface area contributed by atoms with Crippen molar-refractivity contribution >= 4 is 17.6 Å². The van der Waals surface area contributed by atoms with Gasteiger partial charge in [0, 0.05) is 34.5 Å². The van der Waals surface area contributed by atoms with Crippen molar-refractivity contribution in [2.75, 3.05) is 53.1 Å². The molecule has 0 spiro atoms. The SMILES string of the molecule is COC.COCCCCN1C(=O)COc2cc(C)c(C(=O)OC)cc21. The molecule has 1 amide bonds. The molecular weight excluding hydrogens is 326 g/mol. The second-order valence-corrected chi connectivity index (χ2v) is 5.57. The fourth-order valence-corrected chi connectivity index (χ4v) is 2.44. The molecule has 0 fully saturated rings. The smallest absolute Gasteiger partial charge is 0.338 e. The largest absolute Gasteiger partial charge is 0.482 e. The van der Waals surface area contributed by atoms with E-state index in [2.05, 4.69) is 4.74 Å². The van der Waals surface area contributed by atoms with Crippen LogP contribution in [-0.4, -0.2) is 60.1 Å². The van der Waals surface area contributed by atoms with Crippen molar-refractivity contribution in [1.29, 1.82) is 0 Å². The van der Waals surface area contributed by atoms with Gasteiger partial charge in [-0.05, 0) is 37.5 Å². The van der Waals surface area contributed by atoms with E-state index in [9.17, 15) is 9.59 Å². The van der Waals surface area contributed by atoms with Gasteiger partial charge < -0.3 is 23.8 Å². The Bertz CT molecular complexity index is 587. The molecule has 140 valence electrons. The van der Waals surface area contributed by atoms with Crippen molar-refractivity contribution in [1.82, 2.24) is 0 Å². The summed E-state index contributed by atoms with van der Waals surface area (Å²) in [5.74, 6) is 0.0961. The second kappa shape index (κ2) is 10.7. The van der Waals surface area contributed by atoms with Gasteiger partial charge >= 0.3 is 5.97 Å². The number of ether oxygens (including phenoxy) is 4. The molecule has 7 nitrogen and oxygen atoms in total. The van der Waals surface area contributed by atoms with E-state index in [1.807, 2.05) is 6.92 Å². The molecule has 7 heteroatoms. The number of rotatable bonds is 6. The lowest BCUT2D eigenvalue weighted by atomic mass is 10.1. The number of benzene rings is 1. The van der Waals surface area contributed by atoms with Crippen molar-refractivity contribution < 1.29 is 28.5 Å². The fourth-order valence-electron chi connectivity index (χ4n) is 2.44. The third-order valence-corrected chi connectivity index (χ3v) is 3.63. The van der Waals surface area contributed by atoms with Gasteiger partial charge in [0.05, 0.1) is 18.4 Å². The maximum atomic E-state index is 12.1. The van der Waals surface area contributed by atoms with E-state index in [0.29, 0.717) is 30.2 Å². The predicted molar refractivity (Wildman–Crippen MR) is 94.4 cm³/mol. The molecule has 0 aromatic heterocycles. The summed E-state index contributed by atoms with van der Waals surface area (Å²) in [4.78, 5) is 25.6. The first-order valence-electron chi connectivity index (χ1n) is 8.05. The van der Waals surface area contributed by atoms with Gasteiger partial charge in [-0.1, -0.05) is 0 Å². The van der Waals surface area contributed by atoms with Crippen molar-refractivity contribution in [2.24, 2.45) is 0 Å². The monoisotopic (exact) mass is 353 g/mol. The summed E-state index contributed by atoms with van der Waals surface area (Å²) in [5, 5.41) is 0. The van der Waals surface area contributed by atoms with Gasteiger partial charge in [-0.25, -0.2) is 4.79 Å². The lowest BCUT2D eigenvalue weighted by Gasteiger charge is -2.30. The summed E-state index contributed by atoms with van der Waals surface area (Å²) in [6.07, 6.45) is 1.69. The Balaban J connectivity index is 0.000000970. The number of nitrogens with zero attached hydrogens (tertiary/aromatic N) is 1. The van der Waals surface area contributed by atoms with E-state index in [1.54, 1.807) is 38.4 Å². The van der Waals surface area contributed by atoms with Crippen LogP contribution in [0.2, 0.25) is 0 Å². The normalized spacial score (nSPS) is 12.7. The van der Waals surface area contributed by atoms with Gasteiger partial charge in [0.25, 0.3) is 5.91 Å². The zero-order valence-corrected chi connectivity index (χ0v) is 15.6. The van der Waals surface area contributed by atoms with Crippen LogP contribution in [0.4, 0.5) is 5.69 Å². The van der Waals surface area contributed by atoms with Crippen molar-refractivity contribution in [3.8, 4) is 5.75 Å². The number of methoxy groups -OCH3 is 3. The number of fused-ring (bicyclic) bond motifs is 1. The van der Waals surface area contributed by atoms with Crippen molar-refractivity contribution in [3.05, 3.63) is 23.3 Å². The molecule has 0 atom stereocenters. The van der Waals surface area contributed by atoms with E-state index in [4.69, 9.17) is 14.2 Å². The van der Waals surface area contributed by atoms with Gasteiger partial charge in [-0.3, -0.25) is 4.79 Å². The Morgan fingerprint density at radius 2 is 1.88 bits per heavy atom. The molecule has 1 aromatic rings. The van der Waals surface area contributed by atoms with Crippen LogP contribution in [0, 0.1) is 6.92 Å². The van der Waals surface area contributed by atoms with E-state index in [1.165, 1.54) is 7.11 Å². The topological polar surface area (TPSA) is 74.3 Å². The Labute approximate surface area is 148 Å². The van der Waals surface area contributed by atoms with E-state index in [-0.39, 0.29) is 12.5 Å². The van der Waals surface area contributed by atoms with Gasteiger partial charge in [-0.15, -0.1) is 0 Å². The van der Waals surface area contributed by atoms with Crippen LogP contribution in [0.3, 0.4) is 0 Å². The molecule has 0 N–H and O–H groups in total. The minimum Gasteiger partial charge on any atom is -0.482 e. The highest BCUT2D eigenvalue weighted by atomic mass is 16.5. The van der Waals surface area contributed by atoms with Crippen LogP contribution in [0.1, 0.15) is 28.8 Å². The van der Waals surface area contributed by atoms with Crippen LogP contribution >= 0.6 is 0 Å². The number of aryl methyl sites for hydroxylation is 1. The highest BCUT2D eigenvalue weighted by Crippen LogP contribution is 2.35. The third-order valence-electron chi connectivity index (χ3n) is 3.63. The predicted octanol–water partition coefficient (Wildman–Crippen LogP) is 2.20. The minimum absolute atomic E-state index is 0.0221. The number of hydrogen-bond acceptors (Lipinski definition) is 6. The van der Waals surface area contributed by atoms with Gasteiger partial charge in [0.1, 0.15) is 5.75 Å². The summed E-state index contributed by atoms with van der Waals surface area (Å²) in [5.41, 5.74) is 1.83. The lowest BCUT2D eigenvalue weighted by Crippen LogP contribution is -2.39. The molecule has 25 heavy (non-hydrogen) atoms. The van der Waals surface area contributed by atoms with Crippen LogP contribution in [0.25, 0.3) is 0 Å². The summed E-state index contributed by atoms with van der Waals surface area (Å²) < 4.78 is 19.5. The number of amides is 1. The molecule has 0 radical (unpaired) electrons. The number of carbonyl (C=O) groups is 2. The maximum absolute atomic E-state index is 12.1. The summed E-state index contributed by atoms with van der Waals surface area (Å²) in [7, 11) is 6.24. The Hall–Kier alpha value is -2.12. The van der Waals surface area contributed by atoms with Crippen molar-refractivity contribution in [3.63, 3.8) is 0 Å². The standard InChI is InChI=1S/C16H21NO5.C2H6O/c1-11-8-14-13(9-12(11)16(19)21-3)17(15(18)10-22-14)6-4-5-7-20-2;1-3-2/h8-9H,4-7,10H2,1-3H3;1-2H3. The van der Waals surface area contributed by atoms with E-state index < -0.39 is 5.97 Å². The Kier molecular flexibility index (Phi) is 8.94. The minimum atomic E-state index is -0.419. The highest BCUT2D eigenvalue weighted by molar-refractivity contribution is 6.00. The molecule has 0 aliphatic carbocycles. The zero-order chi connectivity index (χ0) is 18.8. The quantitative estimate of drug-likeness (QED) is 0.576. The van der Waals surface area contributed by atoms with E-state index in [0.717, 1.165) is 18.4 Å². The summed E-state index contributed by atoms with van der Waals surface area (Å²) >= 11 is 0. The van der Waals surface area contributed by atoms with Gasteiger partial charge in [0.15, 0.2) is 6.61 Å². The average molecular weight is 353 g/mol. The average Bonchev–Trinajstić information content (AvgIpc) is 2.60. The molecule has 0 bridgehead atoms. The van der Waals surface area contributed by atoms with Gasteiger partial charge in [-0.2, -0.15) is 0 Å². The lowest BCUT2D eigenvalue weighted by molar-refractivity contribution is -0.121. The second-order valence-electron chi connectivity index (χ2n) is 5.57. The number of anilines is 1. The highest BCUT2D eigenvalue weighted by Gasteiger charge is 2.27. The first-order valence-corrected chi connectivity index (χ1v) is 8.05. The summed E-state index contributed by atoms with van der Waals surface area (Å²) in [6.45, 7) is 3.07. The fraction of sp³-hybridized carbons (Fsp3) is 0.556. The number of hydrogen-bond donors (Lipinski definition) is 0. The zero-order valence-electron chi connectivity index (χ0n) is 15.6. The molecular formula is C18H27NO6. The molecule has 1 aliphatic rings. The third kappa shape index (κ3) is 5.72. The van der Waals surface area contributed by atoms with Gasteiger partial charge in [0.2, 0.25) is 0 Å². The molecule has 0 saturated heterocycles. The van der Waals surface area contributed by atoms with Crippen molar-refractivity contribution in [2.45, 2.75) is 19.8 Å². The van der Waals surface area contributed by atoms with Crippen LogP contribution in [-0.2, 0) is 19.0 Å². The van der Waals surface area contributed by atoms with Crippen LogP contribution < -0.4 is 9.64 Å². The number of esters is 1. The molecule has 1 aliphatic heterocycles. The van der Waals surface area contributed by atoms with Crippen LogP contribution in [0.5, 0.6) is 5.75 Å². The molecule has 1 aromatic carbocycles. The van der Waals surface area contributed by atoms with Crippen LogP contribution in [0.15, 0.2) is 12.1 Å². The molecule has 0 saturated carbocycles. The first kappa shape index (κ1) is 20.9. The molecule has 2 rings (SSSR count).